The summed E-state index contributed by atoms with van der Waals surface area (Å²) in [6, 6.07) is 8.73. The predicted molar refractivity (Wildman–Crippen MR) is 80.6 cm³/mol. The molecular weight excluding hydrogens is 376 g/mol. The molecule has 2 rings (SSSR count). The van der Waals surface area contributed by atoms with Gasteiger partial charge in [-0.2, -0.15) is 0 Å². The second kappa shape index (κ2) is 6.16. The van der Waals surface area contributed by atoms with Gasteiger partial charge in [0, 0.05) is 16.4 Å². The first-order chi connectivity index (χ1) is 9.10. The fraction of sp³-hybridized carbons (Fsp3) is 0.0769. The van der Waals surface area contributed by atoms with Gasteiger partial charge < -0.3 is 10.1 Å². The topological polar surface area (TPSA) is 51.2 Å². The highest BCUT2D eigenvalue weighted by molar-refractivity contribution is 9.10. The molecule has 0 spiro atoms. The molecule has 2 aromatic rings. The number of halogens is 2. The maximum Gasteiger partial charge on any atom is 0.274 e. The molecule has 1 aromatic carbocycles. The number of hydrogen-bond acceptors (Lipinski definition) is 3. The minimum absolute atomic E-state index is 0.260. The van der Waals surface area contributed by atoms with Gasteiger partial charge in [0.05, 0.1) is 11.6 Å². The minimum Gasteiger partial charge on any atom is -0.496 e. The Kier molecular flexibility index (Phi) is 4.55. The number of carbonyl (C=O) groups excluding carboxylic acids is 1. The molecule has 0 aliphatic rings. The van der Waals surface area contributed by atoms with E-state index in [9.17, 15) is 4.79 Å². The summed E-state index contributed by atoms with van der Waals surface area (Å²) in [6.45, 7) is 0. The SMILES string of the molecule is COc1ccc(NC(=O)c2ccc(Br)cn2)cc1Br. The Morgan fingerprint density at radius 3 is 2.63 bits per heavy atom. The van der Waals surface area contributed by atoms with Gasteiger partial charge in [0.25, 0.3) is 5.91 Å². The number of methoxy groups -OCH3 is 1. The first-order valence-corrected chi connectivity index (χ1v) is 6.95. The Labute approximate surface area is 127 Å². The number of amides is 1. The van der Waals surface area contributed by atoms with E-state index in [1.54, 1.807) is 43.6 Å². The Bertz CT molecular complexity index is 600. The third-order valence-corrected chi connectivity index (χ3v) is 3.46. The molecule has 0 radical (unpaired) electrons. The number of carbonyl (C=O) groups is 1. The Balaban J connectivity index is 2.14. The number of nitrogens with zero attached hydrogens (tertiary/aromatic N) is 1. The van der Waals surface area contributed by atoms with Gasteiger partial charge in [-0.1, -0.05) is 0 Å². The molecule has 1 aromatic heterocycles. The van der Waals surface area contributed by atoms with Crippen molar-refractivity contribution in [1.29, 1.82) is 0 Å². The fourth-order valence-electron chi connectivity index (χ4n) is 1.45. The van der Waals surface area contributed by atoms with Crippen molar-refractivity contribution in [2.24, 2.45) is 0 Å². The zero-order valence-electron chi connectivity index (χ0n) is 9.98. The van der Waals surface area contributed by atoms with Crippen LogP contribution in [0.3, 0.4) is 0 Å². The predicted octanol–water partition coefficient (Wildman–Crippen LogP) is 3.87. The lowest BCUT2D eigenvalue weighted by Crippen LogP contribution is -2.13. The average molecular weight is 386 g/mol. The van der Waals surface area contributed by atoms with E-state index >= 15 is 0 Å². The first kappa shape index (κ1) is 14.0. The number of anilines is 1. The molecule has 0 atom stereocenters. The molecule has 6 heteroatoms. The van der Waals surface area contributed by atoms with Crippen LogP contribution in [0, 0.1) is 0 Å². The van der Waals surface area contributed by atoms with Crippen molar-refractivity contribution >= 4 is 43.5 Å². The van der Waals surface area contributed by atoms with Gasteiger partial charge in [0.2, 0.25) is 0 Å². The molecule has 0 aliphatic heterocycles. The van der Waals surface area contributed by atoms with Gasteiger partial charge in [0.1, 0.15) is 11.4 Å². The van der Waals surface area contributed by atoms with Crippen LogP contribution in [-0.4, -0.2) is 18.0 Å². The van der Waals surface area contributed by atoms with E-state index in [2.05, 4.69) is 42.2 Å². The van der Waals surface area contributed by atoms with E-state index in [1.165, 1.54) is 0 Å². The van der Waals surface area contributed by atoms with E-state index in [4.69, 9.17) is 4.74 Å². The van der Waals surface area contributed by atoms with Crippen LogP contribution in [0.25, 0.3) is 0 Å². The van der Waals surface area contributed by atoms with Crippen LogP contribution in [0.15, 0.2) is 45.5 Å². The lowest BCUT2D eigenvalue weighted by molar-refractivity contribution is 0.102. The van der Waals surface area contributed by atoms with Gasteiger partial charge in [-0.05, 0) is 62.2 Å². The standard InChI is InChI=1S/C13H10Br2N2O2/c1-19-12-5-3-9(6-10(12)15)17-13(18)11-4-2-8(14)7-16-11/h2-7H,1H3,(H,17,18). The van der Waals surface area contributed by atoms with E-state index in [0.717, 1.165) is 8.95 Å². The number of nitrogens with one attached hydrogen (secondary N) is 1. The van der Waals surface area contributed by atoms with E-state index in [-0.39, 0.29) is 5.91 Å². The zero-order valence-corrected chi connectivity index (χ0v) is 13.2. The smallest absolute Gasteiger partial charge is 0.274 e. The molecule has 0 unspecified atom stereocenters. The van der Waals surface area contributed by atoms with Crippen molar-refractivity contribution in [3.63, 3.8) is 0 Å². The molecule has 1 heterocycles. The van der Waals surface area contributed by atoms with Crippen LogP contribution < -0.4 is 10.1 Å². The van der Waals surface area contributed by atoms with Crippen molar-refractivity contribution in [1.82, 2.24) is 4.98 Å². The summed E-state index contributed by atoms with van der Waals surface area (Å²) in [7, 11) is 1.59. The number of aromatic nitrogens is 1. The highest BCUT2D eigenvalue weighted by Crippen LogP contribution is 2.27. The normalized spacial score (nSPS) is 10.1. The van der Waals surface area contributed by atoms with E-state index in [1.807, 2.05) is 0 Å². The molecular formula is C13H10Br2N2O2. The Hall–Kier alpha value is -1.40. The molecule has 4 nitrogen and oxygen atoms in total. The highest BCUT2D eigenvalue weighted by Gasteiger charge is 2.08. The minimum atomic E-state index is -0.260. The number of ether oxygens (including phenoxy) is 1. The summed E-state index contributed by atoms with van der Waals surface area (Å²) in [5.74, 6) is 0.448. The van der Waals surface area contributed by atoms with Gasteiger partial charge in [-0.3, -0.25) is 4.79 Å². The quantitative estimate of drug-likeness (QED) is 0.872. The lowest BCUT2D eigenvalue weighted by Gasteiger charge is -2.07. The molecule has 0 saturated carbocycles. The molecule has 0 aliphatic carbocycles. The second-order valence-electron chi connectivity index (χ2n) is 3.67. The molecule has 1 N–H and O–H groups in total. The van der Waals surface area contributed by atoms with E-state index < -0.39 is 0 Å². The third kappa shape index (κ3) is 3.54. The van der Waals surface area contributed by atoms with Crippen molar-refractivity contribution in [2.45, 2.75) is 0 Å². The molecule has 0 saturated heterocycles. The van der Waals surface area contributed by atoms with Gasteiger partial charge in [0.15, 0.2) is 0 Å². The summed E-state index contributed by atoms with van der Waals surface area (Å²) in [5.41, 5.74) is 1.03. The van der Waals surface area contributed by atoms with Gasteiger partial charge in [-0.15, -0.1) is 0 Å². The molecule has 98 valence electrons. The number of hydrogen-bond donors (Lipinski definition) is 1. The first-order valence-electron chi connectivity index (χ1n) is 5.36. The van der Waals surface area contributed by atoms with Crippen LogP contribution in [-0.2, 0) is 0 Å². The summed E-state index contributed by atoms with van der Waals surface area (Å²) in [4.78, 5) is 16.0. The molecule has 0 fully saturated rings. The zero-order chi connectivity index (χ0) is 13.8. The van der Waals surface area contributed by atoms with Crippen LogP contribution in [0.5, 0.6) is 5.75 Å². The fourth-order valence-corrected chi connectivity index (χ4v) is 2.22. The molecule has 1 amide bonds. The van der Waals surface area contributed by atoms with E-state index in [0.29, 0.717) is 17.1 Å². The maximum atomic E-state index is 12.0. The van der Waals surface area contributed by atoms with Gasteiger partial charge >= 0.3 is 0 Å². The Morgan fingerprint density at radius 2 is 2.05 bits per heavy atom. The monoisotopic (exact) mass is 384 g/mol. The van der Waals surface area contributed by atoms with Crippen LogP contribution in [0.1, 0.15) is 10.5 Å². The number of pyridine rings is 1. The largest absolute Gasteiger partial charge is 0.496 e. The van der Waals surface area contributed by atoms with Crippen LogP contribution >= 0.6 is 31.9 Å². The number of benzene rings is 1. The van der Waals surface area contributed by atoms with Crippen molar-refractivity contribution in [3.8, 4) is 5.75 Å². The van der Waals surface area contributed by atoms with Gasteiger partial charge in [-0.25, -0.2) is 4.98 Å². The Morgan fingerprint density at radius 1 is 1.26 bits per heavy atom. The van der Waals surface area contributed by atoms with Crippen LogP contribution in [0.2, 0.25) is 0 Å². The third-order valence-electron chi connectivity index (χ3n) is 2.37. The number of rotatable bonds is 3. The van der Waals surface area contributed by atoms with Crippen molar-refractivity contribution in [2.75, 3.05) is 12.4 Å². The van der Waals surface area contributed by atoms with Crippen LogP contribution in [0.4, 0.5) is 5.69 Å². The lowest BCUT2D eigenvalue weighted by atomic mass is 10.3. The maximum absolute atomic E-state index is 12.0. The second-order valence-corrected chi connectivity index (χ2v) is 5.44. The summed E-state index contributed by atoms with van der Waals surface area (Å²) in [5, 5.41) is 2.77. The van der Waals surface area contributed by atoms with Crippen molar-refractivity contribution in [3.05, 3.63) is 51.2 Å². The summed E-state index contributed by atoms with van der Waals surface area (Å²) < 4.78 is 6.73. The summed E-state index contributed by atoms with van der Waals surface area (Å²) >= 11 is 6.64. The molecule has 0 bridgehead atoms. The highest BCUT2D eigenvalue weighted by atomic mass is 79.9. The average Bonchev–Trinajstić information content (AvgIpc) is 2.39. The summed E-state index contributed by atoms with van der Waals surface area (Å²) in [6.07, 6.45) is 1.58. The van der Waals surface area contributed by atoms with Crippen molar-refractivity contribution < 1.29 is 9.53 Å². The molecule has 19 heavy (non-hydrogen) atoms.